The van der Waals surface area contributed by atoms with E-state index in [1.54, 1.807) is 0 Å². The van der Waals surface area contributed by atoms with Crippen molar-refractivity contribution in [2.75, 3.05) is 0 Å². The molecule has 5 nitrogen and oxygen atoms in total. The lowest BCUT2D eigenvalue weighted by Gasteiger charge is -2.16. The van der Waals surface area contributed by atoms with Crippen LogP contribution in [0.3, 0.4) is 0 Å². The highest BCUT2D eigenvalue weighted by Gasteiger charge is 2.14. The summed E-state index contributed by atoms with van der Waals surface area (Å²) in [6.45, 7) is 3.70. The van der Waals surface area contributed by atoms with Crippen molar-refractivity contribution in [3.63, 3.8) is 0 Å². The van der Waals surface area contributed by atoms with Crippen molar-refractivity contribution in [3.8, 4) is 5.75 Å². The molecule has 0 fully saturated rings. The summed E-state index contributed by atoms with van der Waals surface area (Å²) in [5.74, 6) is 0.550. The summed E-state index contributed by atoms with van der Waals surface area (Å²) in [5.41, 5.74) is -1.99. The molecule has 0 unspecified atom stereocenters. The van der Waals surface area contributed by atoms with Gasteiger partial charge in [-0.1, -0.05) is 12.1 Å². The fraction of sp³-hybridized carbons (Fsp3) is 0.400. The maximum absolute atomic E-state index is 10.6. The molecule has 0 radical (unpaired) electrons. The van der Waals surface area contributed by atoms with Crippen molar-refractivity contribution in [1.29, 1.82) is 0 Å². The number of ether oxygens (including phenoxy) is 1. The molecule has 0 aromatic heterocycles. The fourth-order valence-corrected chi connectivity index (χ4v) is 1.64. The monoisotopic (exact) mass is 245 g/mol. The normalized spacial score (nSPS) is 13.8. The van der Waals surface area contributed by atoms with Crippen LogP contribution in [0.25, 0.3) is 0 Å². The van der Waals surface area contributed by atoms with Crippen molar-refractivity contribution >= 4 is 10.1 Å². The number of hydrogen-bond acceptors (Lipinski definition) is 5. The third-order valence-corrected chi connectivity index (χ3v) is 2.63. The van der Waals surface area contributed by atoms with E-state index in [2.05, 4.69) is 0 Å². The van der Waals surface area contributed by atoms with Crippen LogP contribution < -0.4 is 4.74 Å². The highest BCUT2D eigenvalue weighted by atomic mass is 32.2. The maximum atomic E-state index is 10.6. The van der Waals surface area contributed by atoms with E-state index in [4.69, 9.17) is 4.74 Å². The van der Waals surface area contributed by atoms with Gasteiger partial charge in [0, 0.05) is 0 Å². The predicted octanol–water partition coefficient (Wildman–Crippen LogP) is 1.01. The first-order valence-corrected chi connectivity index (χ1v) is 6.17. The van der Waals surface area contributed by atoms with Crippen molar-refractivity contribution in [3.05, 3.63) is 29.8 Å². The standard InChI is InChI=1S/C10H14O5S/c1-7(2)15-9-5-3-8(4-6-9)10(11)16(12,13)14/h3-7,10-11H,1-2H3,(H,12,13,14)/p-1/t10-/m1/s1. The fourth-order valence-electron chi connectivity index (χ4n) is 1.15. The first kappa shape index (κ1) is 13.0. The summed E-state index contributed by atoms with van der Waals surface area (Å²) in [5, 5.41) is 9.19. The lowest BCUT2D eigenvalue weighted by atomic mass is 10.2. The molecule has 1 atom stereocenters. The van der Waals surface area contributed by atoms with Gasteiger partial charge in [-0.2, -0.15) is 0 Å². The number of hydrogen-bond donors (Lipinski definition) is 1. The Bertz CT molecular complexity index is 435. The number of aliphatic hydroxyl groups is 1. The molecule has 0 amide bonds. The number of aliphatic hydroxyl groups excluding tert-OH is 1. The second-order valence-corrected chi connectivity index (χ2v) is 5.01. The Kier molecular flexibility index (Phi) is 3.90. The SMILES string of the molecule is CC(C)Oc1ccc([C@H](O)S(=O)(=O)[O-])cc1. The van der Waals surface area contributed by atoms with Crippen LogP contribution in [0.5, 0.6) is 5.75 Å². The Morgan fingerprint density at radius 1 is 1.25 bits per heavy atom. The van der Waals surface area contributed by atoms with Crippen LogP contribution in [0.1, 0.15) is 24.8 Å². The lowest BCUT2D eigenvalue weighted by Crippen LogP contribution is -2.11. The second kappa shape index (κ2) is 4.82. The van der Waals surface area contributed by atoms with E-state index < -0.39 is 15.6 Å². The minimum Gasteiger partial charge on any atom is -0.746 e. The molecule has 0 spiro atoms. The Morgan fingerprint density at radius 3 is 2.12 bits per heavy atom. The first-order valence-electron chi connectivity index (χ1n) is 4.70. The summed E-state index contributed by atoms with van der Waals surface area (Å²) in [6, 6.07) is 5.70. The van der Waals surface area contributed by atoms with Gasteiger partial charge in [-0.05, 0) is 31.5 Å². The van der Waals surface area contributed by atoms with Crippen molar-refractivity contribution in [2.24, 2.45) is 0 Å². The van der Waals surface area contributed by atoms with Gasteiger partial charge in [0.15, 0.2) is 5.44 Å². The molecule has 0 bridgehead atoms. The van der Waals surface area contributed by atoms with Crippen LogP contribution in [0.4, 0.5) is 0 Å². The van der Waals surface area contributed by atoms with Gasteiger partial charge in [-0.25, -0.2) is 8.42 Å². The molecule has 0 aliphatic heterocycles. The zero-order valence-electron chi connectivity index (χ0n) is 8.95. The molecule has 1 aromatic carbocycles. The number of benzene rings is 1. The van der Waals surface area contributed by atoms with Gasteiger partial charge in [-0.3, -0.25) is 0 Å². The van der Waals surface area contributed by atoms with Gasteiger partial charge in [0.25, 0.3) is 0 Å². The van der Waals surface area contributed by atoms with Crippen molar-refractivity contribution in [1.82, 2.24) is 0 Å². The van der Waals surface area contributed by atoms with E-state index in [0.29, 0.717) is 5.75 Å². The van der Waals surface area contributed by atoms with E-state index in [-0.39, 0.29) is 11.7 Å². The van der Waals surface area contributed by atoms with E-state index >= 15 is 0 Å². The molecular formula is C10H13O5S-. The predicted molar refractivity (Wildman–Crippen MR) is 56.9 cm³/mol. The van der Waals surface area contributed by atoms with Gasteiger partial charge in [0.05, 0.1) is 6.10 Å². The van der Waals surface area contributed by atoms with Crippen molar-refractivity contribution < 1.29 is 22.8 Å². The van der Waals surface area contributed by atoms with Crippen LogP contribution in [-0.2, 0) is 10.1 Å². The van der Waals surface area contributed by atoms with E-state index in [1.165, 1.54) is 24.3 Å². The summed E-state index contributed by atoms with van der Waals surface area (Å²) < 4.78 is 37.0. The molecule has 0 heterocycles. The topological polar surface area (TPSA) is 86.7 Å². The van der Waals surface area contributed by atoms with Crippen LogP contribution in [0.2, 0.25) is 0 Å². The highest BCUT2D eigenvalue weighted by molar-refractivity contribution is 7.85. The average Bonchev–Trinajstić information content (AvgIpc) is 2.15. The summed E-state index contributed by atoms with van der Waals surface area (Å²) in [4.78, 5) is 0. The minimum atomic E-state index is -4.73. The van der Waals surface area contributed by atoms with Crippen LogP contribution in [0.15, 0.2) is 24.3 Å². The molecular weight excluding hydrogens is 232 g/mol. The molecule has 1 aromatic rings. The third kappa shape index (κ3) is 3.48. The lowest BCUT2D eigenvalue weighted by molar-refractivity contribution is 0.233. The quantitative estimate of drug-likeness (QED) is 0.800. The molecule has 16 heavy (non-hydrogen) atoms. The Balaban J connectivity index is 2.87. The van der Waals surface area contributed by atoms with Crippen molar-refractivity contribution in [2.45, 2.75) is 25.4 Å². The van der Waals surface area contributed by atoms with Gasteiger partial charge in [0.2, 0.25) is 0 Å². The van der Waals surface area contributed by atoms with E-state index in [9.17, 15) is 18.1 Å². The molecule has 0 saturated carbocycles. The van der Waals surface area contributed by atoms with Crippen LogP contribution in [-0.4, -0.2) is 24.2 Å². The molecule has 1 rings (SSSR count). The molecule has 90 valence electrons. The van der Waals surface area contributed by atoms with Crippen LogP contribution in [0, 0.1) is 0 Å². The largest absolute Gasteiger partial charge is 0.746 e. The molecule has 0 aliphatic rings. The number of rotatable bonds is 4. The molecule has 6 heteroatoms. The summed E-state index contributed by atoms with van der Waals surface area (Å²) >= 11 is 0. The third-order valence-electron chi connectivity index (χ3n) is 1.81. The van der Waals surface area contributed by atoms with Gasteiger partial charge < -0.3 is 14.4 Å². The van der Waals surface area contributed by atoms with E-state index in [1.807, 2.05) is 13.8 Å². The zero-order valence-corrected chi connectivity index (χ0v) is 9.77. The van der Waals surface area contributed by atoms with E-state index in [0.717, 1.165) is 0 Å². The summed E-state index contributed by atoms with van der Waals surface area (Å²) in [7, 11) is -4.73. The average molecular weight is 245 g/mol. The Hall–Kier alpha value is -1.11. The smallest absolute Gasteiger partial charge is 0.168 e. The van der Waals surface area contributed by atoms with Gasteiger partial charge in [0.1, 0.15) is 15.9 Å². The molecule has 0 aliphatic carbocycles. The Labute approximate surface area is 94.4 Å². The highest BCUT2D eigenvalue weighted by Crippen LogP contribution is 2.21. The molecule has 0 saturated heterocycles. The zero-order chi connectivity index (χ0) is 12.3. The molecule has 1 N–H and O–H groups in total. The second-order valence-electron chi connectivity index (χ2n) is 3.58. The summed E-state index contributed by atoms with van der Waals surface area (Å²) in [6.07, 6.45) is -0.000912. The first-order chi connectivity index (χ1) is 7.30. The Morgan fingerprint density at radius 2 is 1.75 bits per heavy atom. The minimum absolute atomic E-state index is 0.000912. The maximum Gasteiger partial charge on any atom is 0.168 e. The van der Waals surface area contributed by atoms with Gasteiger partial charge >= 0.3 is 0 Å². The van der Waals surface area contributed by atoms with Gasteiger partial charge in [-0.15, -0.1) is 0 Å². The van der Waals surface area contributed by atoms with Crippen LogP contribution >= 0.6 is 0 Å².